The Kier molecular flexibility index (Phi) is 2.98. The number of carbonyl (C=O) groups excluding carboxylic acids is 1. The Morgan fingerprint density at radius 1 is 1.35 bits per heavy atom. The Hall–Kier alpha value is -2.63. The minimum absolute atomic E-state index is 0.0933. The van der Waals surface area contributed by atoms with Crippen LogP contribution in [0.25, 0.3) is 11.0 Å². The Bertz CT molecular complexity index is 771. The van der Waals surface area contributed by atoms with E-state index in [1.165, 1.54) is 0 Å². The van der Waals surface area contributed by atoms with Gasteiger partial charge in [-0.1, -0.05) is 12.1 Å². The van der Waals surface area contributed by atoms with Crippen molar-refractivity contribution in [1.82, 2.24) is 19.3 Å². The van der Waals surface area contributed by atoms with E-state index in [1.54, 1.807) is 17.1 Å². The normalized spacial score (nSPS) is 10.9. The monoisotopic (exact) mass is 269 g/mol. The average molecular weight is 269 g/mol. The van der Waals surface area contributed by atoms with E-state index in [2.05, 4.69) is 15.4 Å². The van der Waals surface area contributed by atoms with Crippen molar-refractivity contribution in [2.24, 2.45) is 7.05 Å². The summed E-state index contributed by atoms with van der Waals surface area (Å²) in [7, 11) is 1.81. The number of anilines is 1. The second kappa shape index (κ2) is 4.80. The molecule has 1 N–H and O–H groups in total. The van der Waals surface area contributed by atoms with Gasteiger partial charge in [0.2, 0.25) is 5.91 Å². The number of carbonyl (C=O) groups is 1. The van der Waals surface area contributed by atoms with E-state index in [0.29, 0.717) is 5.69 Å². The zero-order chi connectivity index (χ0) is 14.1. The zero-order valence-corrected chi connectivity index (χ0v) is 11.4. The molecule has 6 heteroatoms. The first kappa shape index (κ1) is 12.4. The molecule has 3 rings (SSSR count). The average Bonchev–Trinajstić information content (AvgIpc) is 2.94. The van der Waals surface area contributed by atoms with Gasteiger partial charge < -0.3 is 9.88 Å². The first-order valence-corrected chi connectivity index (χ1v) is 6.34. The van der Waals surface area contributed by atoms with Gasteiger partial charge in [0.05, 0.1) is 22.9 Å². The quantitative estimate of drug-likeness (QED) is 0.787. The summed E-state index contributed by atoms with van der Waals surface area (Å²) in [6.45, 7) is 2.14. The molecule has 6 nitrogen and oxygen atoms in total. The molecule has 0 spiro atoms. The minimum Gasteiger partial charge on any atom is -0.322 e. The molecule has 3 aromatic rings. The maximum Gasteiger partial charge on any atom is 0.244 e. The van der Waals surface area contributed by atoms with Gasteiger partial charge in [0.15, 0.2) is 0 Å². The van der Waals surface area contributed by atoms with Gasteiger partial charge in [-0.3, -0.25) is 9.48 Å². The first-order chi connectivity index (χ1) is 9.63. The molecule has 0 saturated carbocycles. The molecule has 0 saturated heterocycles. The van der Waals surface area contributed by atoms with Crippen molar-refractivity contribution in [3.8, 4) is 0 Å². The Morgan fingerprint density at radius 2 is 2.15 bits per heavy atom. The molecule has 20 heavy (non-hydrogen) atoms. The second-order valence-electron chi connectivity index (χ2n) is 4.68. The molecule has 2 aromatic heterocycles. The summed E-state index contributed by atoms with van der Waals surface area (Å²) in [5, 5.41) is 6.84. The van der Waals surface area contributed by atoms with Gasteiger partial charge in [0, 0.05) is 13.2 Å². The van der Waals surface area contributed by atoms with E-state index < -0.39 is 0 Å². The van der Waals surface area contributed by atoms with Gasteiger partial charge in [0.25, 0.3) is 0 Å². The molecule has 0 aliphatic carbocycles. The molecule has 0 aliphatic heterocycles. The van der Waals surface area contributed by atoms with E-state index >= 15 is 0 Å². The number of imidazole rings is 1. The van der Waals surface area contributed by atoms with E-state index in [1.807, 2.05) is 42.8 Å². The van der Waals surface area contributed by atoms with Crippen LogP contribution in [0.4, 0.5) is 5.69 Å². The lowest BCUT2D eigenvalue weighted by Crippen LogP contribution is -2.19. The highest BCUT2D eigenvalue weighted by atomic mass is 16.2. The molecule has 1 amide bonds. The van der Waals surface area contributed by atoms with Crippen LogP contribution < -0.4 is 5.32 Å². The van der Waals surface area contributed by atoms with Crippen LogP contribution in [0, 0.1) is 6.92 Å². The Labute approximate surface area is 116 Å². The maximum atomic E-state index is 12.1. The molecule has 0 atom stereocenters. The third kappa shape index (κ3) is 2.27. The van der Waals surface area contributed by atoms with Gasteiger partial charge in [-0.25, -0.2) is 4.98 Å². The summed E-state index contributed by atoms with van der Waals surface area (Å²) in [5.41, 5.74) is 2.56. The lowest BCUT2D eigenvalue weighted by atomic mass is 10.3. The molecule has 1 aromatic carbocycles. The summed E-state index contributed by atoms with van der Waals surface area (Å²) < 4.78 is 3.55. The van der Waals surface area contributed by atoms with Gasteiger partial charge in [-0.15, -0.1) is 0 Å². The highest BCUT2D eigenvalue weighted by molar-refractivity contribution is 5.91. The lowest BCUT2D eigenvalue weighted by molar-refractivity contribution is -0.116. The fraction of sp³-hybridized carbons (Fsp3) is 0.214. The molecule has 102 valence electrons. The molecule has 0 unspecified atom stereocenters. The van der Waals surface area contributed by atoms with Crippen LogP contribution >= 0.6 is 0 Å². The number of benzene rings is 1. The maximum absolute atomic E-state index is 12.1. The molecule has 0 bridgehead atoms. The molecule has 0 aliphatic rings. The molecule has 2 heterocycles. The summed E-state index contributed by atoms with van der Waals surface area (Å²) in [6.07, 6.45) is 3.38. The number of rotatable bonds is 3. The van der Waals surface area contributed by atoms with Crippen LogP contribution in [-0.2, 0) is 18.4 Å². The number of nitrogens with one attached hydrogen (secondary N) is 1. The predicted molar refractivity (Wildman–Crippen MR) is 76.3 cm³/mol. The third-order valence-electron chi connectivity index (χ3n) is 3.14. The summed E-state index contributed by atoms with van der Waals surface area (Å²) in [6, 6.07) is 7.79. The van der Waals surface area contributed by atoms with Crippen LogP contribution in [-0.4, -0.2) is 25.2 Å². The SMILES string of the molecule is Cc1nc2ccccc2n1CC(=O)Nc1cnn(C)c1. The number of aromatic nitrogens is 4. The topological polar surface area (TPSA) is 64.7 Å². The summed E-state index contributed by atoms with van der Waals surface area (Å²) in [4.78, 5) is 16.5. The summed E-state index contributed by atoms with van der Waals surface area (Å²) in [5.74, 6) is 0.733. The van der Waals surface area contributed by atoms with Gasteiger partial charge in [-0.2, -0.15) is 5.10 Å². The van der Waals surface area contributed by atoms with Crippen molar-refractivity contribution in [3.63, 3.8) is 0 Å². The van der Waals surface area contributed by atoms with Crippen molar-refractivity contribution < 1.29 is 4.79 Å². The zero-order valence-electron chi connectivity index (χ0n) is 11.4. The number of para-hydroxylation sites is 2. The number of hydrogen-bond acceptors (Lipinski definition) is 3. The molecule has 0 fully saturated rings. The van der Waals surface area contributed by atoms with Crippen LogP contribution in [0.2, 0.25) is 0 Å². The number of hydrogen-bond donors (Lipinski definition) is 1. The van der Waals surface area contributed by atoms with Crippen LogP contribution in [0.1, 0.15) is 5.82 Å². The number of aryl methyl sites for hydroxylation is 2. The van der Waals surface area contributed by atoms with E-state index in [9.17, 15) is 4.79 Å². The predicted octanol–water partition coefficient (Wildman–Crippen LogP) is 1.72. The van der Waals surface area contributed by atoms with Crippen LogP contribution in [0.3, 0.4) is 0 Å². The van der Waals surface area contributed by atoms with E-state index in [-0.39, 0.29) is 12.5 Å². The Morgan fingerprint density at radius 3 is 2.90 bits per heavy atom. The highest BCUT2D eigenvalue weighted by Crippen LogP contribution is 2.15. The standard InChI is InChI=1S/C14H15N5O/c1-10-16-12-5-3-4-6-13(12)19(10)9-14(20)17-11-7-15-18(2)8-11/h3-8H,9H2,1-2H3,(H,17,20). The van der Waals surface area contributed by atoms with Crippen molar-refractivity contribution in [2.45, 2.75) is 13.5 Å². The van der Waals surface area contributed by atoms with Crippen LogP contribution in [0.5, 0.6) is 0 Å². The third-order valence-corrected chi connectivity index (χ3v) is 3.14. The lowest BCUT2D eigenvalue weighted by Gasteiger charge is -2.06. The van der Waals surface area contributed by atoms with Crippen molar-refractivity contribution >= 4 is 22.6 Å². The smallest absolute Gasteiger partial charge is 0.244 e. The number of amides is 1. The summed E-state index contributed by atoms with van der Waals surface area (Å²) >= 11 is 0. The fourth-order valence-electron chi connectivity index (χ4n) is 2.23. The van der Waals surface area contributed by atoms with Gasteiger partial charge in [0.1, 0.15) is 12.4 Å². The minimum atomic E-state index is -0.0933. The van der Waals surface area contributed by atoms with Gasteiger partial charge in [-0.05, 0) is 19.1 Å². The van der Waals surface area contributed by atoms with Crippen molar-refractivity contribution in [2.75, 3.05) is 5.32 Å². The van der Waals surface area contributed by atoms with Crippen LogP contribution in [0.15, 0.2) is 36.7 Å². The van der Waals surface area contributed by atoms with Crippen molar-refractivity contribution in [3.05, 3.63) is 42.5 Å². The second-order valence-corrected chi connectivity index (χ2v) is 4.68. The fourth-order valence-corrected chi connectivity index (χ4v) is 2.23. The molecular weight excluding hydrogens is 254 g/mol. The van der Waals surface area contributed by atoms with E-state index in [0.717, 1.165) is 16.9 Å². The number of nitrogens with zero attached hydrogens (tertiary/aromatic N) is 4. The first-order valence-electron chi connectivity index (χ1n) is 6.34. The Balaban J connectivity index is 1.82. The molecule has 0 radical (unpaired) electrons. The number of fused-ring (bicyclic) bond motifs is 1. The molecular formula is C14H15N5O. The highest BCUT2D eigenvalue weighted by Gasteiger charge is 2.11. The van der Waals surface area contributed by atoms with Crippen molar-refractivity contribution in [1.29, 1.82) is 0 Å². The largest absolute Gasteiger partial charge is 0.322 e. The van der Waals surface area contributed by atoms with E-state index in [4.69, 9.17) is 0 Å². The van der Waals surface area contributed by atoms with Gasteiger partial charge >= 0.3 is 0 Å².